The van der Waals surface area contributed by atoms with Crippen molar-refractivity contribution in [2.24, 2.45) is 17.8 Å². The Hall–Kier alpha value is -0.910. The van der Waals surface area contributed by atoms with E-state index in [2.05, 4.69) is 30.5 Å². The molecule has 0 bridgehead atoms. The highest BCUT2D eigenvalue weighted by Gasteiger charge is 2.22. The third kappa shape index (κ3) is 7.77. The van der Waals surface area contributed by atoms with Gasteiger partial charge in [-0.2, -0.15) is 0 Å². The van der Waals surface area contributed by atoms with E-state index >= 15 is 0 Å². The van der Waals surface area contributed by atoms with Gasteiger partial charge in [-0.25, -0.2) is 0 Å². The Morgan fingerprint density at radius 2 is 2.00 bits per heavy atom. The molecule has 0 aliphatic carbocycles. The van der Waals surface area contributed by atoms with Gasteiger partial charge in [-0.3, -0.25) is 4.79 Å². The van der Waals surface area contributed by atoms with Gasteiger partial charge < -0.3 is 15.4 Å². The third-order valence-electron chi connectivity index (χ3n) is 4.94. The van der Waals surface area contributed by atoms with Crippen molar-refractivity contribution in [1.82, 2.24) is 10.6 Å². The van der Waals surface area contributed by atoms with Crippen LogP contribution in [-0.4, -0.2) is 38.4 Å². The molecule has 6 heteroatoms. The van der Waals surface area contributed by atoms with Gasteiger partial charge in [-0.05, 0) is 55.8 Å². The fraction of sp³-hybridized carbons (Fsp3) is 0.650. The number of amides is 1. The summed E-state index contributed by atoms with van der Waals surface area (Å²) in [5.74, 6) is 3.66. The van der Waals surface area contributed by atoms with Crippen LogP contribution < -0.4 is 15.4 Å². The average molecular weight is 401 g/mol. The minimum atomic E-state index is 0. The van der Waals surface area contributed by atoms with E-state index in [1.54, 1.807) is 18.9 Å². The zero-order chi connectivity index (χ0) is 18.1. The van der Waals surface area contributed by atoms with E-state index in [-0.39, 0.29) is 18.3 Å². The number of piperidine rings is 1. The van der Waals surface area contributed by atoms with E-state index in [1.165, 1.54) is 12.8 Å². The lowest BCUT2D eigenvalue weighted by molar-refractivity contribution is -0.122. The number of thioether (sulfide) groups is 1. The summed E-state index contributed by atoms with van der Waals surface area (Å²) in [5.41, 5.74) is 0. The summed E-state index contributed by atoms with van der Waals surface area (Å²) in [6, 6.07) is 8.07. The maximum atomic E-state index is 12.2. The van der Waals surface area contributed by atoms with Crippen LogP contribution in [0.2, 0.25) is 0 Å². The van der Waals surface area contributed by atoms with E-state index in [1.807, 2.05) is 18.2 Å². The molecule has 2 atom stereocenters. The van der Waals surface area contributed by atoms with Gasteiger partial charge in [0.05, 0.1) is 7.11 Å². The van der Waals surface area contributed by atoms with Crippen molar-refractivity contribution in [3.05, 3.63) is 24.3 Å². The zero-order valence-corrected chi connectivity index (χ0v) is 17.8. The number of ether oxygens (including phenoxy) is 1. The molecular formula is C20H33ClN2O2S. The van der Waals surface area contributed by atoms with E-state index in [0.29, 0.717) is 24.2 Å². The van der Waals surface area contributed by atoms with Crippen molar-refractivity contribution in [2.45, 2.75) is 38.0 Å². The molecule has 1 amide bonds. The number of rotatable bonds is 9. The Bertz CT molecular complexity index is 538. The number of carbonyl (C=O) groups is 1. The highest BCUT2D eigenvalue weighted by atomic mass is 35.5. The van der Waals surface area contributed by atoms with Crippen molar-refractivity contribution < 1.29 is 9.53 Å². The fourth-order valence-electron chi connectivity index (χ4n) is 3.26. The van der Waals surface area contributed by atoms with Crippen LogP contribution in [0.4, 0.5) is 0 Å². The first-order valence-corrected chi connectivity index (χ1v) is 10.3. The number of halogens is 1. The van der Waals surface area contributed by atoms with Gasteiger partial charge in [0, 0.05) is 23.6 Å². The molecule has 1 aromatic rings. The zero-order valence-electron chi connectivity index (χ0n) is 16.1. The first-order valence-electron chi connectivity index (χ1n) is 9.33. The standard InChI is InChI=1S/C20H32N2O2S.ClH/c1-15(14-25-19-7-5-4-6-18(19)24-3)13-22-20(23)12-16(2)17-8-10-21-11-9-17;/h4-7,15-17,21H,8-14H2,1-3H3,(H,22,23);1H. The molecule has 26 heavy (non-hydrogen) atoms. The van der Waals surface area contributed by atoms with Crippen molar-refractivity contribution in [1.29, 1.82) is 0 Å². The molecule has 0 radical (unpaired) electrons. The van der Waals surface area contributed by atoms with Gasteiger partial charge >= 0.3 is 0 Å². The number of nitrogens with one attached hydrogen (secondary N) is 2. The van der Waals surface area contributed by atoms with Gasteiger partial charge in [-0.1, -0.05) is 26.0 Å². The lowest BCUT2D eigenvalue weighted by Crippen LogP contribution is -2.34. The van der Waals surface area contributed by atoms with Crippen LogP contribution in [0.1, 0.15) is 33.1 Å². The summed E-state index contributed by atoms with van der Waals surface area (Å²) in [6.45, 7) is 7.32. The maximum Gasteiger partial charge on any atom is 0.220 e. The average Bonchev–Trinajstić information content (AvgIpc) is 2.65. The second kappa shape index (κ2) is 12.5. The molecule has 1 aromatic carbocycles. The molecule has 2 unspecified atom stereocenters. The Morgan fingerprint density at radius 3 is 2.69 bits per heavy atom. The van der Waals surface area contributed by atoms with Crippen LogP contribution in [0.15, 0.2) is 29.2 Å². The topological polar surface area (TPSA) is 50.4 Å². The van der Waals surface area contributed by atoms with Crippen molar-refractivity contribution in [3.63, 3.8) is 0 Å². The summed E-state index contributed by atoms with van der Waals surface area (Å²) in [5, 5.41) is 6.50. The highest BCUT2D eigenvalue weighted by Crippen LogP contribution is 2.30. The second-order valence-electron chi connectivity index (χ2n) is 7.14. The summed E-state index contributed by atoms with van der Waals surface area (Å²) in [6.07, 6.45) is 3.04. The maximum absolute atomic E-state index is 12.2. The van der Waals surface area contributed by atoms with E-state index in [4.69, 9.17) is 4.74 Å². The van der Waals surface area contributed by atoms with Crippen LogP contribution in [0.3, 0.4) is 0 Å². The molecule has 0 aromatic heterocycles. The lowest BCUT2D eigenvalue weighted by atomic mass is 9.84. The SMILES string of the molecule is COc1ccccc1SCC(C)CNC(=O)CC(C)C1CCNCC1.Cl. The lowest BCUT2D eigenvalue weighted by Gasteiger charge is -2.28. The van der Waals surface area contributed by atoms with Gasteiger partial charge in [-0.15, -0.1) is 24.2 Å². The Kier molecular flexibility index (Phi) is 11.1. The highest BCUT2D eigenvalue weighted by molar-refractivity contribution is 7.99. The van der Waals surface area contributed by atoms with Crippen LogP contribution >= 0.6 is 24.2 Å². The van der Waals surface area contributed by atoms with Gasteiger partial charge in [0.25, 0.3) is 0 Å². The minimum Gasteiger partial charge on any atom is -0.496 e. The van der Waals surface area contributed by atoms with Crippen LogP contribution in [0.25, 0.3) is 0 Å². The molecule has 1 fully saturated rings. The van der Waals surface area contributed by atoms with Gasteiger partial charge in [0.15, 0.2) is 0 Å². The summed E-state index contributed by atoms with van der Waals surface area (Å²) >= 11 is 1.78. The molecule has 0 spiro atoms. The fourth-order valence-corrected chi connectivity index (χ4v) is 4.31. The number of benzene rings is 1. The van der Waals surface area contributed by atoms with Gasteiger partial charge in [0.2, 0.25) is 5.91 Å². The smallest absolute Gasteiger partial charge is 0.220 e. The minimum absolute atomic E-state index is 0. The molecule has 0 saturated carbocycles. The van der Waals surface area contributed by atoms with Crippen LogP contribution in [-0.2, 0) is 4.79 Å². The number of hydrogen-bond donors (Lipinski definition) is 2. The monoisotopic (exact) mass is 400 g/mol. The second-order valence-corrected chi connectivity index (χ2v) is 8.20. The van der Waals surface area contributed by atoms with E-state index in [0.717, 1.165) is 36.0 Å². The van der Waals surface area contributed by atoms with E-state index in [9.17, 15) is 4.79 Å². The summed E-state index contributed by atoms with van der Waals surface area (Å²) < 4.78 is 5.38. The van der Waals surface area contributed by atoms with E-state index < -0.39 is 0 Å². The quantitative estimate of drug-likeness (QED) is 0.615. The Balaban J connectivity index is 0.00000338. The molecule has 2 N–H and O–H groups in total. The first-order chi connectivity index (χ1) is 12.1. The van der Waals surface area contributed by atoms with Crippen molar-refractivity contribution in [2.75, 3.05) is 32.5 Å². The number of carbonyl (C=O) groups excluding carboxylic acids is 1. The third-order valence-corrected chi connectivity index (χ3v) is 6.32. The summed E-state index contributed by atoms with van der Waals surface area (Å²) in [4.78, 5) is 13.4. The Morgan fingerprint density at radius 1 is 1.31 bits per heavy atom. The Labute approximate surface area is 168 Å². The van der Waals surface area contributed by atoms with Crippen molar-refractivity contribution in [3.8, 4) is 5.75 Å². The van der Waals surface area contributed by atoms with Crippen molar-refractivity contribution >= 4 is 30.1 Å². The predicted octanol–water partition coefficient (Wildman–Crippen LogP) is 3.99. The molecule has 1 aliphatic heterocycles. The van der Waals surface area contributed by atoms with Crippen LogP contribution in [0.5, 0.6) is 5.75 Å². The molecule has 4 nitrogen and oxygen atoms in total. The molecule has 2 rings (SSSR count). The normalized spacial score (nSPS) is 17.0. The molecular weight excluding hydrogens is 368 g/mol. The van der Waals surface area contributed by atoms with Gasteiger partial charge in [0.1, 0.15) is 5.75 Å². The first kappa shape index (κ1) is 23.1. The molecule has 1 saturated heterocycles. The number of methoxy groups -OCH3 is 1. The largest absolute Gasteiger partial charge is 0.496 e. The van der Waals surface area contributed by atoms with Crippen LogP contribution in [0, 0.1) is 17.8 Å². The number of hydrogen-bond acceptors (Lipinski definition) is 4. The number of para-hydroxylation sites is 1. The predicted molar refractivity (Wildman–Crippen MR) is 113 cm³/mol. The summed E-state index contributed by atoms with van der Waals surface area (Å²) in [7, 11) is 1.70. The molecule has 1 heterocycles. The molecule has 148 valence electrons. The molecule has 1 aliphatic rings.